The smallest absolute Gasteiger partial charge is 0.235 e. The summed E-state index contributed by atoms with van der Waals surface area (Å²) in [5, 5.41) is 0. The summed E-state index contributed by atoms with van der Waals surface area (Å²) in [7, 11) is 1.75. The Hall–Kier alpha value is -1.42. The van der Waals surface area contributed by atoms with Gasteiger partial charge < -0.3 is 5.73 Å². The number of carbonyl (C=O) groups excluding carboxylic acids is 1. The molecule has 1 rings (SSSR count). The minimum absolute atomic E-state index is 0.0451. The Labute approximate surface area is 103 Å². The quantitative estimate of drug-likeness (QED) is 0.846. The summed E-state index contributed by atoms with van der Waals surface area (Å²) in [6.45, 7) is 4.37. The van der Waals surface area contributed by atoms with E-state index in [2.05, 4.69) is 4.98 Å². The van der Waals surface area contributed by atoms with Gasteiger partial charge >= 0.3 is 0 Å². The number of hydrogen-bond donors (Lipinski definition) is 1. The van der Waals surface area contributed by atoms with Crippen LogP contribution in [0.2, 0.25) is 0 Å². The Morgan fingerprint density at radius 2 is 2.06 bits per heavy atom. The third kappa shape index (κ3) is 2.64. The molecule has 1 aromatic rings. The highest BCUT2D eigenvalue weighted by atomic mass is 16.2. The SMILES string of the molecule is CCC(CC)(CN)C(=O)N(C)c1ccccn1. The number of nitrogens with two attached hydrogens (primary N) is 1. The van der Waals surface area contributed by atoms with Gasteiger partial charge in [0.1, 0.15) is 5.82 Å². The van der Waals surface area contributed by atoms with Crippen molar-refractivity contribution in [1.29, 1.82) is 0 Å². The van der Waals surface area contributed by atoms with Crippen LogP contribution in [0.5, 0.6) is 0 Å². The maximum absolute atomic E-state index is 12.5. The summed E-state index contributed by atoms with van der Waals surface area (Å²) in [5.74, 6) is 0.709. The molecular weight excluding hydrogens is 214 g/mol. The molecule has 0 aliphatic heterocycles. The molecule has 0 unspecified atom stereocenters. The second-order valence-corrected chi connectivity index (χ2v) is 4.24. The highest BCUT2D eigenvalue weighted by molar-refractivity contribution is 5.96. The lowest BCUT2D eigenvalue weighted by Gasteiger charge is -2.32. The summed E-state index contributed by atoms with van der Waals surface area (Å²) in [5.41, 5.74) is 5.31. The fourth-order valence-electron chi connectivity index (χ4n) is 1.94. The maximum Gasteiger partial charge on any atom is 0.235 e. The van der Waals surface area contributed by atoms with E-state index in [1.54, 1.807) is 18.1 Å². The third-order valence-corrected chi connectivity index (χ3v) is 3.50. The van der Waals surface area contributed by atoms with Crippen LogP contribution in [0.3, 0.4) is 0 Å². The van der Waals surface area contributed by atoms with Crippen molar-refractivity contribution in [1.82, 2.24) is 4.98 Å². The number of rotatable bonds is 5. The van der Waals surface area contributed by atoms with Crippen molar-refractivity contribution in [3.8, 4) is 0 Å². The molecule has 0 aromatic carbocycles. The van der Waals surface area contributed by atoms with E-state index in [9.17, 15) is 4.79 Å². The predicted molar refractivity (Wildman–Crippen MR) is 69.7 cm³/mol. The van der Waals surface area contributed by atoms with Gasteiger partial charge in [-0.15, -0.1) is 0 Å². The van der Waals surface area contributed by atoms with E-state index >= 15 is 0 Å². The zero-order valence-corrected chi connectivity index (χ0v) is 10.8. The lowest BCUT2D eigenvalue weighted by atomic mass is 9.81. The number of anilines is 1. The number of pyridine rings is 1. The summed E-state index contributed by atoms with van der Waals surface area (Å²) >= 11 is 0. The molecule has 0 bridgehead atoms. The van der Waals surface area contributed by atoms with Gasteiger partial charge in [-0.3, -0.25) is 9.69 Å². The number of hydrogen-bond acceptors (Lipinski definition) is 3. The van der Waals surface area contributed by atoms with Gasteiger partial charge in [-0.05, 0) is 25.0 Å². The number of carbonyl (C=O) groups is 1. The molecule has 4 nitrogen and oxygen atoms in total. The standard InChI is InChI=1S/C13H21N3O/c1-4-13(5-2,10-14)12(17)16(3)11-8-6-7-9-15-11/h6-9H,4-5,10,14H2,1-3H3. The summed E-state index contributed by atoms with van der Waals surface area (Å²) < 4.78 is 0. The van der Waals surface area contributed by atoms with Crippen LogP contribution in [-0.2, 0) is 4.79 Å². The summed E-state index contributed by atoms with van der Waals surface area (Å²) in [6, 6.07) is 5.52. The number of amides is 1. The fourth-order valence-corrected chi connectivity index (χ4v) is 1.94. The van der Waals surface area contributed by atoms with E-state index in [1.807, 2.05) is 32.0 Å². The second-order valence-electron chi connectivity index (χ2n) is 4.24. The average Bonchev–Trinajstić information content (AvgIpc) is 2.41. The van der Waals surface area contributed by atoms with Gasteiger partial charge in [0.25, 0.3) is 0 Å². The molecule has 4 heteroatoms. The van der Waals surface area contributed by atoms with E-state index in [-0.39, 0.29) is 5.91 Å². The molecule has 0 saturated heterocycles. The zero-order chi connectivity index (χ0) is 12.9. The zero-order valence-electron chi connectivity index (χ0n) is 10.8. The Morgan fingerprint density at radius 3 is 2.47 bits per heavy atom. The van der Waals surface area contributed by atoms with Crippen LogP contribution in [0.4, 0.5) is 5.82 Å². The van der Waals surface area contributed by atoms with Crippen LogP contribution in [-0.4, -0.2) is 24.5 Å². The molecule has 1 heterocycles. The molecule has 0 spiro atoms. The molecule has 94 valence electrons. The second kappa shape index (κ2) is 5.77. The first-order valence-corrected chi connectivity index (χ1v) is 6.00. The molecule has 0 aliphatic rings. The van der Waals surface area contributed by atoms with E-state index in [1.165, 1.54) is 0 Å². The van der Waals surface area contributed by atoms with Crippen molar-refractivity contribution in [2.75, 3.05) is 18.5 Å². The van der Waals surface area contributed by atoms with Gasteiger partial charge in [0.15, 0.2) is 0 Å². The Morgan fingerprint density at radius 1 is 1.41 bits per heavy atom. The Bertz CT molecular complexity index is 352. The van der Waals surface area contributed by atoms with Crippen LogP contribution in [0, 0.1) is 5.41 Å². The largest absolute Gasteiger partial charge is 0.329 e. The molecule has 0 atom stereocenters. The van der Waals surface area contributed by atoms with Gasteiger partial charge in [-0.2, -0.15) is 0 Å². The number of aromatic nitrogens is 1. The van der Waals surface area contributed by atoms with Crippen LogP contribution in [0.25, 0.3) is 0 Å². The van der Waals surface area contributed by atoms with Gasteiger partial charge in [-0.1, -0.05) is 19.9 Å². The van der Waals surface area contributed by atoms with Crippen LogP contribution < -0.4 is 10.6 Å². The van der Waals surface area contributed by atoms with Crippen molar-refractivity contribution >= 4 is 11.7 Å². The lowest BCUT2D eigenvalue weighted by molar-refractivity contribution is -0.127. The van der Waals surface area contributed by atoms with Crippen molar-refractivity contribution in [2.24, 2.45) is 11.1 Å². The molecule has 1 amide bonds. The first-order chi connectivity index (χ1) is 8.11. The molecule has 0 fully saturated rings. The maximum atomic E-state index is 12.5. The van der Waals surface area contributed by atoms with Crippen LogP contribution >= 0.6 is 0 Å². The van der Waals surface area contributed by atoms with E-state index in [0.717, 1.165) is 12.8 Å². The Kier molecular flexibility index (Phi) is 4.63. The van der Waals surface area contributed by atoms with E-state index in [0.29, 0.717) is 12.4 Å². The van der Waals surface area contributed by atoms with Crippen molar-refractivity contribution in [3.05, 3.63) is 24.4 Å². The van der Waals surface area contributed by atoms with Gasteiger partial charge in [-0.25, -0.2) is 4.98 Å². The fraction of sp³-hybridized carbons (Fsp3) is 0.538. The minimum atomic E-state index is -0.466. The van der Waals surface area contributed by atoms with Crippen molar-refractivity contribution in [2.45, 2.75) is 26.7 Å². The van der Waals surface area contributed by atoms with Gasteiger partial charge in [0.2, 0.25) is 5.91 Å². The van der Waals surface area contributed by atoms with E-state index in [4.69, 9.17) is 5.73 Å². The third-order valence-electron chi connectivity index (χ3n) is 3.50. The lowest BCUT2D eigenvalue weighted by Crippen LogP contribution is -2.46. The number of nitrogens with zero attached hydrogens (tertiary/aromatic N) is 2. The molecule has 0 radical (unpaired) electrons. The van der Waals surface area contributed by atoms with E-state index < -0.39 is 5.41 Å². The highest BCUT2D eigenvalue weighted by Crippen LogP contribution is 2.28. The highest BCUT2D eigenvalue weighted by Gasteiger charge is 2.36. The predicted octanol–water partition coefficient (Wildman–Crippen LogP) is 1.81. The summed E-state index contributed by atoms with van der Waals surface area (Å²) in [4.78, 5) is 18.2. The Balaban J connectivity index is 2.96. The molecule has 1 aromatic heterocycles. The van der Waals surface area contributed by atoms with Gasteiger partial charge in [0.05, 0.1) is 5.41 Å². The van der Waals surface area contributed by atoms with Crippen LogP contribution in [0.15, 0.2) is 24.4 Å². The minimum Gasteiger partial charge on any atom is -0.329 e. The molecule has 0 aliphatic carbocycles. The molecule has 17 heavy (non-hydrogen) atoms. The normalized spacial score (nSPS) is 11.3. The van der Waals surface area contributed by atoms with Crippen molar-refractivity contribution in [3.63, 3.8) is 0 Å². The first kappa shape index (κ1) is 13.6. The monoisotopic (exact) mass is 235 g/mol. The first-order valence-electron chi connectivity index (χ1n) is 6.00. The average molecular weight is 235 g/mol. The topological polar surface area (TPSA) is 59.2 Å². The van der Waals surface area contributed by atoms with Crippen molar-refractivity contribution < 1.29 is 4.79 Å². The molecule has 0 saturated carbocycles. The summed E-state index contributed by atoms with van der Waals surface area (Å²) in [6.07, 6.45) is 3.17. The van der Waals surface area contributed by atoms with Crippen LogP contribution in [0.1, 0.15) is 26.7 Å². The molecular formula is C13H21N3O. The molecule has 2 N–H and O–H groups in total. The van der Waals surface area contributed by atoms with Gasteiger partial charge in [0, 0.05) is 19.8 Å².